The Morgan fingerprint density at radius 2 is 2.29 bits per heavy atom. The largest absolute Gasteiger partial charge is 0.409 e. The quantitative estimate of drug-likeness (QED) is 0.311. The standard InChI is InChI=1S/C12H15N7O2/c1-7-15-10(17-16-7)6-19(2)12(20)9-4-3-8(5-14-9)11(13)18-21/h3-5,21H,6H2,1-2H3,(H2,13,18)(H,15,16,17). The minimum absolute atomic E-state index is 0.0638. The van der Waals surface area contributed by atoms with Gasteiger partial charge in [0.25, 0.3) is 5.91 Å². The average molecular weight is 289 g/mol. The summed E-state index contributed by atoms with van der Waals surface area (Å²) in [4.78, 5) is 21.8. The number of aryl methyl sites for hydroxylation is 1. The molecule has 0 aromatic carbocycles. The summed E-state index contributed by atoms with van der Waals surface area (Å²) in [5.41, 5.74) is 6.11. The van der Waals surface area contributed by atoms with E-state index in [1.165, 1.54) is 17.2 Å². The van der Waals surface area contributed by atoms with Crippen LogP contribution in [0.4, 0.5) is 0 Å². The van der Waals surface area contributed by atoms with Crippen molar-refractivity contribution in [2.75, 3.05) is 7.05 Å². The molecule has 2 rings (SSSR count). The number of oxime groups is 1. The number of amidine groups is 1. The first-order valence-electron chi connectivity index (χ1n) is 6.08. The molecular formula is C12H15N7O2. The number of H-pyrrole nitrogens is 1. The van der Waals surface area contributed by atoms with Gasteiger partial charge in [0.05, 0.1) is 6.54 Å². The van der Waals surface area contributed by atoms with E-state index in [0.29, 0.717) is 17.2 Å². The number of nitrogens with two attached hydrogens (primary N) is 1. The van der Waals surface area contributed by atoms with Gasteiger partial charge in [-0.25, -0.2) is 4.98 Å². The number of hydrogen-bond donors (Lipinski definition) is 3. The van der Waals surface area contributed by atoms with E-state index in [0.717, 1.165) is 0 Å². The topological polar surface area (TPSA) is 133 Å². The van der Waals surface area contributed by atoms with E-state index in [4.69, 9.17) is 10.9 Å². The number of carbonyl (C=O) groups excluding carboxylic acids is 1. The molecule has 0 fully saturated rings. The molecular weight excluding hydrogens is 274 g/mol. The van der Waals surface area contributed by atoms with Crippen LogP contribution in [-0.2, 0) is 6.54 Å². The first-order valence-corrected chi connectivity index (χ1v) is 6.08. The van der Waals surface area contributed by atoms with Gasteiger partial charge in [-0.2, -0.15) is 5.10 Å². The van der Waals surface area contributed by atoms with Gasteiger partial charge < -0.3 is 15.8 Å². The molecule has 0 bridgehead atoms. The van der Waals surface area contributed by atoms with E-state index in [1.54, 1.807) is 20.0 Å². The van der Waals surface area contributed by atoms with E-state index in [2.05, 4.69) is 25.3 Å². The van der Waals surface area contributed by atoms with E-state index in [1.807, 2.05) is 0 Å². The molecule has 0 atom stereocenters. The molecule has 4 N–H and O–H groups in total. The lowest BCUT2D eigenvalue weighted by Crippen LogP contribution is -2.27. The number of hydrogen-bond acceptors (Lipinski definition) is 6. The number of pyridine rings is 1. The zero-order valence-corrected chi connectivity index (χ0v) is 11.6. The SMILES string of the molecule is Cc1nc(CN(C)C(=O)c2ccc(C(N)=NO)cn2)n[nH]1. The van der Waals surface area contributed by atoms with E-state index >= 15 is 0 Å². The van der Waals surface area contributed by atoms with Gasteiger partial charge in [0.2, 0.25) is 0 Å². The van der Waals surface area contributed by atoms with Crippen molar-refractivity contribution in [2.45, 2.75) is 13.5 Å². The summed E-state index contributed by atoms with van der Waals surface area (Å²) in [7, 11) is 1.63. The lowest BCUT2D eigenvalue weighted by molar-refractivity contribution is 0.0776. The van der Waals surface area contributed by atoms with Crippen molar-refractivity contribution in [3.8, 4) is 0 Å². The third-order valence-corrected chi connectivity index (χ3v) is 2.75. The van der Waals surface area contributed by atoms with Gasteiger partial charge in [-0.05, 0) is 19.1 Å². The number of aromatic amines is 1. The maximum atomic E-state index is 12.2. The summed E-state index contributed by atoms with van der Waals surface area (Å²) in [6.07, 6.45) is 1.37. The van der Waals surface area contributed by atoms with Crippen LogP contribution in [0, 0.1) is 6.92 Å². The molecule has 2 aromatic heterocycles. The molecule has 0 aliphatic carbocycles. The van der Waals surface area contributed by atoms with Crippen LogP contribution in [-0.4, -0.2) is 49.1 Å². The fourth-order valence-electron chi connectivity index (χ4n) is 1.67. The highest BCUT2D eigenvalue weighted by Crippen LogP contribution is 2.05. The second-order valence-corrected chi connectivity index (χ2v) is 4.42. The molecule has 9 nitrogen and oxygen atoms in total. The minimum Gasteiger partial charge on any atom is -0.409 e. The smallest absolute Gasteiger partial charge is 0.272 e. The van der Waals surface area contributed by atoms with Gasteiger partial charge in [0, 0.05) is 18.8 Å². The van der Waals surface area contributed by atoms with Crippen LogP contribution in [0.3, 0.4) is 0 Å². The van der Waals surface area contributed by atoms with E-state index in [-0.39, 0.29) is 24.0 Å². The normalized spacial score (nSPS) is 11.4. The molecule has 0 aliphatic heterocycles. The second kappa shape index (κ2) is 5.99. The van der Waals surface area contributed by atoms with Crippen LogP contribution in [0.2, 0.25) is 0 Å². The maximum absolute atomic E-state index is 12.2. The number of rotatable bonds is 4. The molecule has 110 valence electrons. The molecule has 0 spiro atoms. The third kappa shape index (κ3) is 3.32. The molecule has 2 heterocycles. The highest BCUT2D eigenvalue weighted by atomic mass is 16.4. The number of amides is 1. The Morgan fingerprint density at radius 3 is 2.81 bits per heavy atom. The highest BCUT2D eigenvalue weighted by Gasteiger charge is 2.15. The molecule has 0 unspecified atom stereocenters. The average Bonchev–Trinajstić information content (AvgIpc) is 2.90. The van der Waals surface area contributed by atoms with E-state index < -0.39 is 0 Å². The number of carbonyl (C=O) groups is 1. The molecule has 2 aromatic rings. The Kier molecular flexibility index (Phi) is 4.12. The Hall–Kier alpha value is -2.97. The summed E-state index contributed by atoms with van der Waals surface area (Å²) in [6.45, 7) is 2.05. The van der Waals surface area contributed by atoms with Gasteiger partial charge in [-0.1, -0.05) is 5.16 Å². The van der Waals surface area contributed by atoms with Gasteiger partial charge in [-0.3, -0.25) is 14.9 Å². The van der Waals surface area contributed by atoms with Gasteiger partial charge in [-0.15, -0.1) is 0 Å². The highest BCUT2D eigenvalue weighted by molar-refractivity contribution is 5.98. The first kappa shape index (κ1) is 14.4. The van der Waals surface area contributed by atoms with Crippen molar-refractivity contribution in [3.05, 3.63) is 41.2 Å². The Balaban J connectivity index is 2.08. The lowest BCUT2D eigenvalue weighted by atomic mass is 10.2. The van der Waals surface area contributed by atoms with Crippen LogP contribution in [0.1, 0.15) is 27.7 Å². The zero-order valence-electron chi connectivity index (χ0n) is 11.6. The predicted molar refractivity (Wildman–Crippen MR) is 73.7 cm³/mol. The zero-order chi connectivity index (χ0) is 15.4. The van der Waals surface area contributed by atoms with Gasteiger partial charge in [0.15, 0.2) is 11.7 Å². The maximum Gasteiger partial charge on any atom is 0.272 e. The fourth-order valence-corrected chi connectivity index (χ4v) is 1.67. The molecule has 9 heteroatoms. The number of nitrogens with one attached hydrogen (secondary N) is 1. The Bertz CT molecular complexity index is 663. The van der Waals surface area contributed by atoms with Crippen molar-refractivity contribution in [2.24, 2.45) is 10.9 Å². The molecule has 1 amide bonds. The van der Waals surface area contributed by atoms with Crippen molar-refractivity contribution in [1.82, 2.24) is 25.1 Å². The molecule has 21 heavy (non-hydrogen) atoms. The van der Waals surface area contributed by atoms with Crippen LogP contribution in [0.15, 0.2) is 23.5 Å². The molecule has 0 saturated carbocycles. The number of nitrogens with zero attached hydrogens (tertiary/aromatic N) is 5. The summed E-state index contributed by atoms with van der Waals surface area (Å²) in [5.74, 6) is 0.873. The molecule has 0 saturated heterocycles. The third-order valence-electron chi connectivity index (χ3n) is 2.75. The number of aromatic nitrogens is 4. The summed E-state index contributed by atoms with van der Waals surface area (Å²) < 4.78 is 0. The monoisotopic (exact) mass is 289 g/mol. The lowest BCUT2D eigenvalue weighted by Gasteiger charge is -2.14. The van der Waals surface area contributed by atoms with Crippen LogP contribution in [0.5, 0.6) is 0 Å². The molecule has 0 aliphatic rings. The Morgan fingerprint density at radius 1 is 1.52 bits per heavy atom. The fraction of sp³-hybridized carbons (Fsp3) is 0.250. The summed E-state index contributed by atoms with van der Waals surface area (Å²) >= 11 is 0. The first-order chi connectivity index (χ1) is 10.0. The second-order valence-electron chi connectivity index (χ2n) is 4.42. The van der Waals surface area contributed by atoms with E-state index in [9.17, 15) is 4.79 Å². The summed E-state index contributed by atoms with van der Waals surface area (Å²) in [5, 5.41) is 18.1. The Labute approximate surface area is 120 Å². The molecule has 0 radical (unpaired) electrons. The van der Waals surface area contributed by atoms with Crippen molar-refractivity contribution in [3.63, 3.8) is 0 Å². The van der Waals surface area contributed by atoms with Crippen LogP contribution >= 0.6 is 0 Å². The predicted octanol–water partition coefficient (Wildman–Crippen LogP) is -0.125. The van der Waals surface area contributed by atoms with Crippen molar-refractivity contribution < 1.29 is 10.0 Å². The van der Waals surface area contributed by atoms with Crippen molar-refractivity contribution >= 4 is 11.7 Å². The minimum atomic E-state index is -0.275. The van der Waals surface area contributed by atoms with Crippen molar-refractivity contribution in [1.29, 1.82) is 0 Å². The summed E-state index contributed by atoms with van der Waals surface area (Å²) in [6, 6.07) is 3.06. The van der Waals surface area contributed by atoms with Crippen LogP contribution in [0.25, 0.3) is 0 Å². The van der Waals surface area contributed by atoms with Gasteiger partial charge in [0.1, 0.15) is 11.5 Å². The van der Waals surface area contributed by atoms with Gasteiger partial charge >= 0.3 is 0 Å². The van der Waals surface area contributed by atoms with Crippen LogP contribution < -0.4 is 5.73 Å².